The Kier molecular flexibility index (Phi) is 3.97. The molecule has 0 spiro atoms. The van der Waals surface area contributed by atoms with Crippen LogP contribution >= 0.6 is 11.3 Å². The number of hydrogen-bond donors (Lipinski definition) is 2. The topological polar surface area (TPSA) is 74.1 Å². The third-order valence-electron chi connectivity index (χ3n) is 4.60. The summed E-state index contributed by atoms with van der Waals surface area (Å²) in [6.45, 7) is 0. The molecule has 1 amide bonds. The molecule has 0 saturated carbocycles. The first kappa shape index (κ1) is 15.2. The van der Waals surface area contributed by atoms with Crippen molar-refractivity contribution in [3.05, 3.63) is 46.8 Å². The van der Waals surface area contributed by atoms with Crippen LogP contribution in [0.15, 0.2) is 36.4 Å². The van der Waals surface area contributed by atoms with Gasteiger partial charge in [-0.3, -0.25) is 4.79 Å². The number of amides is 1. The molecule has 5 nitrogen and oxygen atoms in total. The SMILES string of the molecule is N#Cc1cccc(Oc2ccc(C(=O)NC3CC4CCC3N4)s2)c1. The normalized spacial score (nSPS) is 24.5. The molecule has 6 heteroatoms. The van der Waals surface area contributed by atoms with Crippen molar-refractivity contribution in [3.63, 3.8) is 0 Å². The van der Waals surface area contributed by atoms with Gasteiger partial charge in [-0.05, 0) is 49.6 Å². The van der Waals surface area contributed by atoms with Gasteiger partial charge in [0, 0.05) is 18.1 Å². The maximum Gasteiger partial charge on any atom is 0.261 e. The van der Waals surface area contributed by atoms with Crippen molar-refractivity contribution < 1.29 is 9.53 Å². The van der Waals surface area contributed by atoms with E-state index >= 15 is 0 Å². The fraction of sp³-hybridized carbons (Fsp3) is 0.333. The van der Waals surface area contributed by atoms with E-state index in [-0.39, 0.29) is 11.9 Å². The number of rotatable bonds is 4. The van der Waals surface area contributed by atoms with Gasteiger partial charge in [0.2, 0.25) is 0 Å². The van der Waals surface area contributed by atoms with E-state index < -0.39 is 0 Å². The van der Waals surface area contributed by atoms with Crippen LogP contribution in [-0.2, 0) is 0 Å². The van der Waals surface area contributed by atoms with Crippen LogP contribution in [0.5, 0.6) is 10.8 Å². The average molecular weight is 339 g/mol. The summed E-state index contributed by atoms with van der Waals surface area (Å²) < 4.78 is 5.75. The Balaban J connectivity index is 1.40. The molecule has 4 rings (SSSR count). The molecule has 3 heterocycles. The Hall–Kier alpha value is -2.36. The zero-order valence-electron chi connectivity index (χ0n) is 13.0. The van der Waals surface area contributed by atoms with E-state index in [2.05, 4.69) is 16.7 Å². The molecule has 0 aliphatic carbocycles. The summed E-state index contributed by atoms with van der Waals surface area (Å²) in [5.74, 6) is 0.556. The molecule has 2 bridgehead atoms. The minimum absolute atomic E-state index is 0.0417. The number of hydrogen-bond acceptors (Lipinski definition) is 5. The highest BCUT2D eigenvalue weighted by Crippen LogP contribution is 2.31. The minimum atomic E-state index is -0.0417. The van der Waals surface area contributed by atoms with Crippen LogP contribution in [0.4, 0.5) is 0 Å². The summed E-state index contributed by atoms with van der Waals surface area (Å²) in [6, 6.07) is 13.8. The molecule has 2 saturated heterocycles. The van der Waals surface area contributed by atoms with Gasteiger partial charge in [0.05, 0.1) is 16.5 Å². The van der Waals surface area contributed by atoms with Crippen molar-refractivity contribution in [2.75, 3.05) is 0 Å². The summed E-state index contributed by atoms with van der Waals surface area (Å²) in [5, 5.41) is 16.2. The Bertz CT molecular complexity index is 811. The minimum Gasteiger partial charge on any atom is -0.447 e. The van der Waals surface area contributed by atoms with Gasteiger partial charge >= 0.3 is 0 Å². The van der Waals surface area contributed by atoms with Crippen molar-refractivity contribution >= 4 is 17.2 Å². The lowest BCUT2D eigenvalue weighted by atomic mass is 9.95. The van der Waals surface area contributed by atoms with Crippen molar-refractivity contribution in [1.82, 2.24) is 10.6 Å². The molecule has 1 aromatic carbocycles. The van der Waals surface area contributed by atoms with Crippen LogP contribution in [-0.4, -0.2) is 24.0 Å². The number of nitrogens with one attached hydrogen (secondary N) is 2. The van der Waals surface area contributed by atoms with Gasteiger partial charge in [0.15, 0.2) is 5.06 Å². The van der Waals surface area contributed by atoms with Gasteiger partial charge in [-0.25, -0.2) is 0 Å². The number of benzene rings is 1. The number of thiophene rings is 1. The molecule has 2 aliphatic heterocycles. The maximum absolute atomic E-state index is 12.4. The van der Waals surface area contributed by atoms with Crippen LogP contribution < -0.4 is 15.4 Å². The predicted octanol–water partition coefficient (Wildman–Crippen LogP) is 3.03. The highest BCUT2D eigenvalue weighted by atomic mass is 32.1. The molecule has 0 radical (unpaired) electrons. The molecule has 1 aromatic heterocycles. The van der Waals surface area contributed by atoms with Crippen LogP contribution in [0.1, 0.15) is 34.5 Å². The van der Waals surface area contributed by atoms with E-state index in [0.717, 1.165) is 12.8 Å². The molecule has 24 heavy (non-hydrogen) atoms. The Morgan fingerprint density at radius 2 is 2.25 bits per heavy atom. The lowest BCUT2D eigenvalue weighted by Crippen LogP contribution is -2.42. The third-order valence-corrected chi connectivity index (χ3v) is 5.57. The molecule has 122 valence electrons. The fourth-order valence-electron chi connectivity index (χ4n) is 3.47. The summed E-state index contributed by atoms with van der Waals surface area (Å²) in [4.78, 5) is 13.1. The summed E-state index contributed by atoms with van der Waals surface area (Å²) in [5.41, 5.74) is 0.547. The van der Waals surface area contributed by atoms with E-state index in [1.807, 2.05) is 0 Å². The third kappa shape index (κ3) is 3.01. The maximum atomic E-state index is 12.4. The summed E-state index contributed by atoms with van der Waals surface area (Å²) >= 11 is 1.32. The number of nitrogens with zero attached hydrogens (tertiary/aromatic N) is 1. The quantitative estimate of drug-likeness (QED) is 0.898. The fourth-order valence-corrected chi connectivity index (χ4v) is 4.24. The second-order valence-electron chi connectivity index (χ2n) is 6.22. The van der Waals surface area contributed by atoms with E-state index in [0.29, 0.717) is 33.3 Å². The highest BCUT2D eigenvalue weighted by molar-refractivity contribution is 7.15. The highest BCUT2D eigenvalue weighted by Gasteiger charge is 2.39. The molecule has 2 aliphatic rings. The van der Waals surface area contributed by atoms with Crippen LogP contribution in [0.25, 0.3) is 0 Å². The molecule has 3 unspecified atom stereocenters. The zero-order valence-corrected chi connectivity index (χ0v) is 13.8. The zero-order chi connectivity index (χ0) is 16.5. The van der Waals surface area contributed by atoms with Gasteiger partial charge in [-0.1, -0.05) is 17.4 Å². The van der Waals surface area contributed by atoms with Crippen molar-refractivity contribution in [3.8, 4) is 16.9 Å². The van der Waals surface area contributed by atoms with Crippen LogP contribution in [0, 0.1) is 11.3 Å². The Labute approximate surface area is 144 Å². The standard InChI is InChI=1S/C18H17N3O2S/c19-10-11-2-1-3-13(8-11)23-17-7-6-16(24-17)18(22)21-15-9-12-4-5-14(15)20-12/h1-3,6-8,12,14-15,20H,4-5,9H2,(H,21,22). The lowest BCUT2D eigenvalue weighted by molar-refractivity contribution is 0.0935. The van der Waals surface area contributed by atoms with E-state index in [9.17, 15) is 4.79 Å². The number of carbonyl (C=O) groups is 1. The molecular formula is C18H17N3O2S. The molecule has 2 N–H and O–H groups in total. The van der Waals surface area contributed by atoms with Crippen molar-refractivity contribution in [2.24, 2.45) is 0 Å². The monoisotopic (exact) mass is 339 g/mol. The molecule has 2 fully saturated rings. The van der Waals surface area contributed by atoms with Crippen molar-refractivity contribution in [2.45, 2.75) is 37.4 Å². The number of carbonyl (C=O) groups excluding carboxylic acids is 1. The van der Waals surface area contributed by atoms with Gasteiger partial charge in [-0.15, -0.1) is 0 Å². The molecular weight excluding hydrogens is 322 g/mol. The first-order valence-corrected chi connectivity index (χ1v) is 8.88. The van der Waals surface area contributed by atoms with Crippen molar-refractivity contribution in [1.29, 1.82) is 5.26 Å². The van der Waals surface area contributed by atoms with Gasteiger partial charge in [0.25, 0.3) is 5.91 Å². The predicted molar refractivity (Wildman–Crippen MR) is 91.4 cm³/mol. The largest absolute Gasteiger partial charge is 0.447 e. The first-order valence-electron chi connectivity index (χ1n) is 8.06. The smallest absolute Gasteiger partial charge is 0.261 e. The molecule has 2 aromatic rings. The number of ether oxygens (including phenoxy) is 1. The van der Waals surface area contributed by atoms with Crippen LogP contribution in [0.3, 0.4) is 0 Å². The summed E-state index contributed by atoms with van der Waals surface area (Å²) in [7, 11) is 0. The van der Waals surface area contributed by atoms with E-state index in [4.69, 9.17) is 10.00 Å². The number of fused-ring (bicyclic) bond motifs is 2. The number of nitriles is 1. The van der Waals surface area contributed by atoms with Gasteiger partial charge in [-0.2, -0.15) is 5.26 Å². The van der Waals surface area contributed by atoms with E-state index in [1.165, 1.54) is 17.8 Å². The summed E-state index contributed by atoms with van der Waals surface area (Å²) in [6.07, 6.45) is 3.38. The lowest BCUT2D eigenvalue weighted by Gasteiger charge is -2.20. The second-order valence-corrected chi connectivity index (χ2v) is 7.27. The Morgan fingerprint density at radius 3 is 3.00 bits per heavy atom. The Morgan fingerprint density at radius 1 is 1.33 bits per heavy atom. The second kappa shape index (κ2) is 6.27. The first-order chi connectivity index (χ1) is 11.7. The average Bonchev–Trinajstić information content (AvgIpc) is 3.31. The van der Waals surface area contributed by atoms with Gasteiger partial charge in [0.1, 0.15) is 5.75 Å². The van der Waals surface area contributed by atoms with Crippen LogP contribution in [0.2, 0.25) is 0 Å². The van der Waals surface area contributed by atoms with Gasteiger partial charge < -0.3 is 15.4 Å². The van der Waals surface area contributed by atoms with E-state index in [1.54, 1.807) is 36.4 Å². The molecule has 3 atom stereocenters.